The average Bonchev–Trinajstić information content (AvgIpc) is 3.33. The standard InChI is InChI=1S/C20H37NO5/c1-7-8-26-21-17(2,3)11-20(12-18(21,4)5)24-14-19(6,15-25-20)13-22-9-16-10-23-16/h16H,7-15H2,1-6H3. The molecule has 26 heavy (non-hydrogen) atoms. The number of hydrogen-bond acceptors (Lipinski definition) is 6. The third kappa shape index (κ3) is 4.59. The molecule has 0 N–H and O–H groups in total. The summed E-state index contributed by atoms with van der Waals surface area (Å²) in [6, 6.07) is 0. The first-order valence-electron chi connectivity index (χ1n) is 10.0. The first kappa shape index (κ1) is 20.5. The first-order chi connectivity index (χ1) is 12.1. The predicted octanol–water partition coefficient (Wildman–Crippen LogP) is 3.15. The van der Waals surface area contributed by atoms with E-state index in [-0.39, 0.29) is 16.5 Å². The molecule has 3 aliphatic rings. The fourth-order valence-corrected chi connectivity index (χ4v) is 4.46. The highest BCUT2D eigenvalue weighted by atomic mass is 16.7. The van der Waals surface area contributed by atoms with Gasteiger partial charge in [0.1, 0.15) is 6.10 Å². The molecule has 0 aliphatic carbocycles. The fourth-order valence-electron chi connectivity index (χ4n) is 4.46. The molecule has 0 radical (unpaired) electrons. The molecule has 6 nitrogen and oxygen atoms in total. The summed E-state index contributed by atoms with van der Waals surface area (Å²) < 4.78 is 23.8. The van der Waals surface area contributed by atoms with Gasteiger partial charge in [-0.1, -0.05) is 13.8 Å². The van der Waals surface area contributed by atoms with Gasteiger partial charge in [0.2, 0.25) is 0 Å². The Morgan fingerprint density at radius 3 is 2.08 bits per heavy atom. The van der Waals surface area contributed by atoms with E-state index < -0.39 is 5.79 Å². The largest absolute Gasteiger partial charge is 0.378 e. The molecule has 0 aromatic heterocycles. The summed E-state index contributed by atoms with van der Waals surface area (Å²) in [4.78, 5) is 6.11. The minimum atomic E-state index is -0.543. The molecule has 0 bridgehead atoms. The lowest BCUT2D eigenvalue weighted by molar-refractivity contribution is -0.383. The lowest BCUT2D eigenvalue weighted by Crippen LogP contribution is -2.68. The maximum Gasteiger partial charge on any atom is 0.171 e. The van der Waals surface area contributed by atoms with Crippen LogP contribution in [-0.2, 0) is 23.8 Å². The van der Waals surface area contributed by atoms with Crippen molar-refractivity contribution in [3.63, 3.8) is 0 Å². The zero-order valence-corrected chi connectivity index (χ0v) is 17.4. The highest BCUT2D eigenvalue weighted by Crippen LogP contribution is 2.48. The second-order valence-electron chi connectivity index (χ2n) is 9.88. The van der Waals surface area contributed by atoms with Crippen LogP contribution in [0.25, 0.3) is 0 Å². The Bertz CT molecular complexity index is 461. The van der Waals surface area contributed by atoms with Crippen LogP contribution in [0.3, 0.4) is 0 Å². The zero-order valence-electron chi connectivity index (χ0n) is 17.4. The molecule has 0 aromatic rings. The third-order valence-electron chi connectivity index (χ3n) is 5.45. The highest BCUT2D eigenvalue weighted by Gasteiger charge is 2.57. The summed E-state index contributed by atoms with van der Waals surface area (Å²) in [5, 5.41) is 2.16. The summed E-state index contributed by atoms with van der Waals surface area (Å²) in [5.74, 6) is -0.543. The van der Waals surface area contributed by atoms with Crippen LogP contribution in [0, 0.1) is 5.41 Å². The van der Waals surface area contributed by atoms with E-state index in [4.69, 9.17) is 23.8 Å². The SMILES string of the molecule is CCCON1C(C)(C)CC2(CC1(C)C)OCC(C)(COCC1CO1)CO2. The normalized spacial score (nSPS) is 31.8. The highest BCUT2D eigenvalue weighted by molar-refractivity contribution is 5.02. The molecule has 6 heteroatoms. The molecule has 0 saturated carbocycles. The van der Waals surface area contributed by atoms with E-state index in [1.807, 2.05) is 0 Å². The van der Waals surface area contributed by atoms with Crippen molar-refractivity contribution in [3.05, 3.63) is 0 Å². The molecule has 3 aliphatic heterocycles. The van der Waals surface area contributed by atoms with Crippen molar-refractivity contribution in [3.8, 4) is 0 Å². The van der Waals surface area contributed by atoms with Crippen molar-refractivity contribution < 1.29 is 23.8 Å². The maximum atomic E-state index is 6.40. The van der Waals surface area contributed by atoms with E-state index >= 15 is 0 Å². The van der Waals surface area contributed by atoms with Gasteiger partial charge >= 0.3 is 0 Å². The fraction of sp³-hybridized carbons (Fsp3) is 1.00. The summed E-state index contributed by atoms with van der Waals surface area (Å²) in [7, 11) is 0. The van der Waals surface area contributed by atoms with Gasteiger partial charge in [0.05, 0.1) is 39.6 Å². The third-order valence-corrected chi connectivity index (χ3v) is 5.45. The van der Waals surface area contributed by atoms with Crippen LogP contribution >= 0.6 is 0 Å². The first-order valence-corrected chi connectivity index (χ1v) is 10.0. The van der Waals surface area contributed by atoms with Crippen molar-refractivity contribution in [2.75, 3.05) is 39.6 Å². The van der Waals surface area contributed by atoms with Crippen LogP contribution in [0.4, 0.5) is 0 Å². The molecule has 1 atom stereocenters. The topological polar surface area (TPSA) is 52.7 Å². The number of epoxide rings is 1. The van der Waals surface area contributed by atoms with Gasteiger partial charge < -0.3 is 18.9 Å². The van der Waals surface area contributed by atoms with E-state index in [1.54, 1.807) is 0 Å². The number of hydroxylamine groups is 2. The monoisotopic (exact) mass is 371 g/mol. The Hall–Kier alpha value is -0.240. The van der Waals surface area contributed by atoms with Crippen molar-refractivity contribution in [1.29, 1.82) is 0 Å². The molecule has 3 rings (SSSR count). The van der Waals surface area contributed by atoms with Gasteiger partial charge in [-0.2, -0.15) is 5.06 Å². The van der Waals surface area contributed by atoms with Crippen LogP contribution in [-0.4, -0.2) is 67.7 Å². The van der Waals surface area contributed by atoms with Gasteiger partial charge in [-0.15, -0.1) is 0 Å². The van der Waals surface area contributed by atoms with Gasteiger partial charge in [-0.25, -0.2) is 0 Å². The Labute approximate surface area is 158 Å². The summed E-state index contributed by atoms with van der Waals surface area (Å²) in [5.41, 5.74) is -0.431. The molecular weight excluding hydrogens is 334 g/mol. The van der Waals surface area contributed by atoms with Crippen LogP contribution in [0.15, 0.2) is 0 Å². The van der Waals surface area contributed by atoms with E-state index in [0.29, 0.717) is 32.5 Å². The number of piperidine rings is 1. The maximum absolute atomic E-state index is 6.40. The molecular formula is C20H37NO5. The van der Waals surface area contributed by atoms with Gasteiger partial charge in [-0.05, 0) is 34.1 Å². The van der Waals surface area contributed by atoms with E-state index in [2.05, 4.69) is 46.6 Å². The average molecular weight is 372 g/mol. The van der Waals surface area contributed by atoms with Crippen LogP contribution < -0.4 is 0 Å². The smallest absolute Gasteiger partial charge is 0.171 e. The number of hydrogen-bond donors (Lipinski definition) is 0. The Balaban J connectivity index is 1.60. The minimum absolute atomic E-state index is 0.107. The van der Waals surface area contributed by atoms with Gasteiger partial charge in [-0.3, -0.25) is 4.84 Å². The van der Waals surface area contributed by atoms with Gasteiger partial charge in [0.25, 0.3) is 0 Å². The van der Waals surface area contributed by atoms with Crippen LogP contribution in [0.5, 0.6) is 0 Å². The van der Waals surface area contributed by atoms with Crippen molar-refractivity contribution >= 4 is 0 Å². The quantitative estimate of drug-likeness (QED) is 0.641. The number of ether oxygens (including phenoxy) is 4. The van der Waals surface area contributed by atoms with E-state index in [9.17, 15) is 0 Å². The van der Waals surface area contributed by atoms with Crippen molar-refractivity contribution in [1.82, 2.24) is 5.06 Å². The van der Waals surface area contributed by atoms with E-state index in [0.717, 1.165) is 32.5 Å². The minimum Gasteiger partial charge on any atom is -0.378 e. The lowest BCUT2D eigenvalue weighted by Gasteiger charge is -2.59. The second kappa shape index (κ2) is 7.30. The Morgan fingerprint density at radius 1 is 1.00 bits per heavy atom. The lowest BCUT2D eigenvalue weighted by atomic mass is 9.77. The summed E-state index contributed by atoms with van der Waals surface area (Å²) >= 11 is 0. The Kier molecular flexibility index (Phi) is 5.75. The van der Waals surface area contributed by atoms with Crippen LogP contribution in [0.1, 0.15) is 60.8 Å². The molecule has 3 fully saturated rings. The molecule has 1 spiro atoms. The van der Waals surface area contributed by atoms with Crippen LogP contribution in [0.2, 0.25) is 0 Å². The zero-order chi connectivity index (χ0) is 19.1. The van der Waals surface area contributed by atoms with Crippen molar-refractivity contribution in [2.24, 2.45) is 5.41 Å². The number of nitrogens with zero attached hydrogens (tertiary/aromatic N) is 1. The van der Waals surface area contributed by atoms with Crippen molar-refractivity contribution in [2.45, 2.75) is 83.8 Å². The van der Waals surface area contributed by atoms with Gasteiger partial charge in [0.15, 0.2) is 5.79 Å². The summed E-state index contributed by atoms with van der Waals surface area (Å²) in [6.07, 6.45) is 2.88. The second-order valence-corrected chi connectivity index (χ2v) is 9.88. The molecule has 1 unspecified atom stereocenters. The predicted molar refractivity (Wildman–Crippen MR) is 98.8 cm³/mol. The molecule has 0 amide bonds. The molecule has 3 saturated heterocycles. The molecule has 152 valence electrons. The molecule has 0 aromatic carbocycles. The molecule has 3 heterocycles. The van der Waals surface area contributed by atoms with Gasteiger partial charge in [0, 0.05) is 29.3 Å². The summed E-state index contributed by atoms with van der Waals surface area (Å²) in [6.45, 7) is 17.3. The number of rotatable bonds is 7. The van der Waals surface area contributed by atoms with E-state index in [1.165, 1.54) is 0 Å². The Morgan fingerprint density at radius 2 is 1.58 bits per heavy atom.